The number of carbonyl (C=O) groups is 1. The van der Waals surface area contributed by atoms with Crippen LogP contribution in [0.2, 0.25) is 0 Å². The molecule has 0 spiro atoms. The molecule has 1 atom stereocenters. The number of carbonyl (C=O) groups excluding carboxylic acids is 1. The van der Waals surface area contributed by atoms with E-state index < -0.39 is 0 Å². The van der Waals surface area contributed by atoms with Crippen molar-refractivity contribution in [3.05, 3.63) is 66.0 Å². The molecular formula is C21H22N4OS. The summed E-state index contributed by atoms with van der Waals surface area (Å²) in [6, 6.07) is 17.8. The molecule has 138 valence electrons. The molecule has 0 aliphatic heterocycles. The van der Waals surface area contributed by atoms with Gasteiger partial charge >= 0.3 is 0 Å². The van der Waals surface area contributed by atoms with Crippen molar-refractivity contribution in [3.63, 3.8) is 0 Å². The van der Waals surface area contributed by atoms with Crippen LogP contribution < -0.4 is 5.32 Å². The maximum atomic E-state index is 12.6. The van der Waals surface area contributed by atoms with Crippen molar-refractivity contribution in [1.82, 2.24) is 14.8 Å². The summed E-state index contributed by atoms with van der Waals surface area (Å²) in [7, 11) is 0. The Morgan fingerprint density at radius 2 is 1.85 bits per heavy atom. The summed E-state index contributed by atoms with van der Waals surface area (Å²) in [4.78, 5) is 17.3. The molecule has 3 aromatic rings. The third-order valence-electron chi connectivity index (χ3n) is 4.61. The lowest BCUT2D eigenvalue weighted by Crippen LogP contribution is -2.23. The lowest BCUT2D eigenvalue weighted by atomic mass is 10.2. The van der Waals surface area contributed by atoms with Gasteiger partial charge in [0.25, 0.3) is 0 Å². The fraction of sp³-hybridized carbons (Fsp3) is 0.286. The quantitative estimate of drug-likeness (QED) is 0.638. The largest absolute Gasteiger partial charge is 0.325 e. The predicted octanol–water partition coefficient (Wildman–Crippen LogP) is 4.57. The molecule has 27 heavy (non-hydrogen) atoms. The molecule has 1 saturated carbocycles. The molecule has 1 N–H and O–H groups in total. The smallest absolute Gasteiger partial charge is 0.237 e. The van der Waals surface area contributed by atoms with Crippen LogP contribution >= 0.6 is 11.8 Å². The van der Waals surface area contributed by atoms with Gasteiger partial charge in [0.15, 0.2) is 0 Å². The molecule has 0 radical (unpaired) electrons. The molecule has 1 fully saturated rings. The number of amides is 1. The predicted molar refractivity (Wildman–Crippen MR) is 108 cm³/mol. The first-order valence-corrected chi connectivity index (χ1v) is 10.1. The summed E-state index contributed by atoms with van der Waals surface area (Å²) in [5, 5.41) is 8.03. The van der Waals surface area contributed by atoms with Crippen LogP contribution in [-0.4, -0.2) is 25.9 Å². The van der Waals surface area contributed by atoms with Crippen LogP contribution in [0.25, 0.3) is 5.69 Å². The van der Waals surface area contributed by atoms with Gasteiger partial charge in [0.1, 0.15) is 5.82 Å². The Bertz CT molecular complexity index is 950. The van der Waals surface area contributed by atoms with Crippen LogP contribution in [-0.2, 0) is 4.79 Å². The second-order valence-corrected chi connectivity index (χ2v) is 8.15. The maximum absolute atomic E-state index is 12.6. The molecule has 0 saturated heterocycles. The molecule has 1 amide bonds. The van der Waals surface area contributed by atoms with E-state index in [1.807, 2.05) is 73.1 Å². The van der Waals surface area contributed by atoms with E-state index in [9.17, 15) is 4.79 Å². The minimum atomic E-state index is -0.289. The highest BCUT2D eigenvalue weighted by Crippen LogP contribution is 2.40. The monoisotopic (exact) mass is 378 g/mol. The zero-order valence-corrected chi connectivity index (χ0v) is 16.2. The highest BCUT2D eigenvalue weighted by Gasteiger charge is 2.31. The Morgan fingerprint density at radius 3 is 2.56 bits per heavy atom. The highest BCUT2D eigenvalue weighted by atomic mass is 32.2. The van der Waals surface area contributed by atoms with Crippen molar-refractivity contribution in [2.45, 2.75) is 43.0 Å². The average molecular weight is 379 g/mol. The lowest BCUT2D eigenvalue weighted by molar-refractivity contribution is -0.115. The number of hydrogen-bond acceptors (Lipinski definition) is 4. The molecule has 1 aliphatic rings. The average Bonchev–Trinajstić information content (AvgIpc) is 3.44. The number of nitrogens with zero attached hydrogens (tertiary/aromatic N) is 3. The van der Waals surface area contributed by atoms with Crippen molar-refractivity contribution in [2.24, 2.45) is 0 Å². The Hall–Kier alpha value is -2.60. The van der Waals surface area contributed by atoms with Gasteiger partial charge < -0.3 is 5.32 Å². The summed E-state index contributed by atoms with van der Waals surface area (Å²) in [6.45, 7) is 3.87. The van der Waals surface area contributed by atoms with E-state index in [-0.39, 0.29) is 11.2 Å². The van der Waals surface area contributed by atoms with E-state index in [1.54, 1.807) is 0 Å². The van der Waals surface area contributed by atoms with Crippen molar-refractivity contribution < 1.29 is 4.79 Å². The topological polar surface area (TPSA) is 59.8 Å². The molecule has 6 heteroatoms. The van der Waals surface area contributed by atoms with Gasteiger partial charge in [-0.2, -0.15) is 0 Å². The zero-order valence-electron chi connectivity index (χ0n) is 15.4. The van der Waals surface area contributed by atoms with E-state index in [2.05, 4.69) is 10.4 Å². The van der Waals surface area contributed by atoms with E-state index in [0.29, 0.717) is 11.1 Å². The number of nitrogens with one attached hydrogen (secondary N) is 1. The number of aromatic nitrogens is 3. The Labute approximate surface area is 163 Å². The standard InChI is InChI=1S/C21H22N4OS/c1-14-8-6-7-11-18(14)22-20(26)15(2)27-21-23-19(16-12-13-16)25(24-21)17-9-4-3-5-10-17/h3-11,15-16H,12-13H2,1-2H3,(H,22,26). The van der Waals surface area contributed by atoms with Crippen LogP contribution in [0.5, 0.6) is 0 Å². The van der Waals surface area contributed by atoms with Gasteiger partial charge in [-0.25, -0.2) is 9.67 Å². The normalized spacial score (nSPS) is 14.7. The first-order chi connectivity index (χ1) is 13.1. The molecule has 1 aromatic heterocycles. The first-order valence-electron chi connectivity index (χ1n) is 9.17. The summed E-state index contributed by atoms with van der Waals surface area (Å²) in [5.74, 6) is 1.43. The third-order valence-corrected chi connectivity index (χ3v) is 5.56. The summed E-state index contributed by atoms with van der Waals surface area (Å²) in [5.41, 5.74) is 2.90. The first kappa shape index (κ1) is 17.8. The van der Waals surface area contributed by atoms with Crippen molar-refractivity contribution in [2.75, 3.05) is 5.32 Å². The summed E-state index contributed by atoms with van der Waals surface area (Å²) in [6.07, 6.45) is 2.30. The number of para-hydroxylation sites is 2. The van der Waals surface area contributed by atoms with Gasteiger partial charge in [-0.1, -0.05) is 48.2 Å². The highest BCUT2D eigenvalue weighted by molar-refractivity contribution is 8.00. The number of rotatable bonds is 6. The van der Waals surface area contributed by atoms with E-state index in [0.717, 1.165) is 35.6 Å². The molecular weight excluding hydrogens is 356 g/mol. The Balaban J connectivity index is 1.50. The number of hydrogen-bond donors (Lipinski definition) is 1. The van der Waals surface area contributed by atoms with Gasteiger partial charge in [0.2, 0.25) is 11.1 Å². The lowest BCUT2D eigenvalue weighted by Gasteiger charge is -2.11. The van der Waals surface area contributed by atoms with Crippen molar-refractivity contribution >= 4 is 23.4 Å². The molecule has 1 heterocycles. The molecule has 1 unspecified atom stereocenters. The summed E-state index contributed by atoms with van der Waals surface area (Å²) >= 11 is 1.40. The van der Waals surface area contributed by atoms with Crippen LogP contribution in [0.1, 0.15) is 37.1 Å². The molecule has 1 aliphatic carbocycles. The number of anilines is 1. The van der Waals surface area contributed by atoms with E-state index in [4.69, 9.17) is 4.98 Å². The Kier molecular flexibility index (Phi) is 4.99. The Morgan fingerprint density at radius 1 is 1.15 bits per heavy atom. The molecule has 5 nitrogen and oxygen atoms in total. The van der Waals surface area contributed by atoms with Gasteiger partial charge in [-0.15, -0.1) is 5.10 Å². The van der Waals surface area contributed by atoms with Crippen LogP contribution in [0.15, 0.2) is 59.8 Å². The van der Waals surface area contributed by atoms with Gasteiger partial charge in [0.05, 0.1) is 10.9 Å². The maximum Gasteiger partial charge on any atom is 0.237 e. The second-order valence-electron chi connectivity index (χ2n) is 6.84. The number of thioether (sulfide) groups is 1. The van der Waals surface area contributed by atoms with Gasteiger partial charge in [0, 0.05) is 11.6 Å². The fourth-order valence-corrected chi connectivity index (χ4v) is 3.64. The van der Waals surface area contributed by atoms with Crippen LogP contribution in [0.4, 0.5) is 5.69 Å². The minimum absolute atomic E-state index is 0.0432. The van der Waals surface area contributed by atoms with E-state index >= 15 is 0 Å². The van der Waals surface area contributed by atoms with Crippen LogP contribution in [0.3, 0.4) is 0 Å². The van der Waals surface area contributed by atoms with Gasteiger partial charge in [-0.05, 0) is 50.5 Å². The van der Waals surface area contributed by atoms with Crippen molar-refractivity contribution in [1.29, 1.82) is 0 Å². The van der Waals surface area contributed by atoms with Crippen molar-refractivity contribution in [3.8, 4) is 5.69 Å². The fourth-order valence-electron chi connectivity index (χ4n) is 2.88. The summed E-state index contributed by atoms with van der Waals surface area (Å²) < 4.78 is 1.92. The number of aryl methyl sites for hydroxylation is 1. The van der Waals surface area contributed by atoms with E-state index in [1.165, 1.54) is 11.8 Å². The van der Waals surface area contributed by atoms with Gasteiger partial charge in [-0.3, -0.25) is 4.79 Å². The molecule has 4 rings (SSSR count). The third kappa shape index (κ3) is 4.06. The molecule has 0 bridgehead atoms. The number of benzene rings is 2. The SMILES string of the molecule is Cc1ccccc1NC(=O)C(C)Sc1nc(C2CC2)n(-c2ccccc2)n1. The van der Waals surface area contributed by atoms with Crippen LogP contribution in [0, 0.1) is 6.92 Å². The molecule has 2 aromatic carbocycles. The minimum Gasteiger partial charge on any atom is -0.325 e. The zero-order chi connectivity index (χ0) is 18.8. The second kappa shape index (κ2) is 7.56.